The van der Waals surface area contributed by atoms with Crippen molar-refractivity contribution in [2.75, 3.05) is 0 Å². The van der Waals surface area contributed by atoms with Crippen molar-refractivity contribution in [1.29, 1.82) is 0 Å². The molecule has 7 heteroatoms. The zero-order valence-electron chi connectivity index (χ0n) is 14.8. The molecule has 0 saturated carbocycles. The van der Waals surface area contributed by atoms with Crippen LogP contribution in [0.1, 0.15) is 18.1 Å². The van der Waals surface area contributed by atoms with Gasteiger partial charge in [0.05, 0.1) is 11.4 Å². The van der Waals surface area contributed by atoms with E-state index in [4.69, 9.17) is 5.73 Å². The average Bonchev–Trinajstić information content (AvgIpc) is 3.30. The van der Waals surface area contributed by atoms with Crippen LogP contribution < -0.4 is 11.1 Å². The average molecular weight is 380 g/mol. The van der Waals surface area contributed by atoms with Crippen LogP contribution in [0.3, 0.4) is 0 Å². The summed E-state index contributed by atoms with van der Waals surface area (Å²) in [7, 11) is 0. The Morgan fingerprint density at radius 2 is 2.04 bits per heavy atom. The molecule has 138 valence electrons. The Morgan fingerprint density at radius 3 is 2.70 bits per heavy atom. The molecule has 0 fully saturated rings. The van der Waals surface area contributed by atoms with Gasteiger partial charge in [-0.15, -0.1) is 11.3 Å². The van der Waals surface area contributed by atoms with Gasteiger partial charge in [0.1, 0.15) is 11.7 Å². The molecular weight excluding hydrogens is 360 g/mol. The molecule has 27 heavy (non-hydrogen) atoms. The second kappa shape index (κ2) is 8.46. The predicted octanol–water partition coefficient (Wildman–Crippen LogP) is 2.66. The third kappa shape index (κ3) is 4.92. The highest BCUT2D eigenvalue weighted by atomic mass is 32.1. The van der Waals surface area contributed by atoms with Crippen molar-refractivity contribution < 1.29 is 9.59 Å². The van der Waals surface area contributed by atoms with Gasteiger partial charge in [0.15, 0.2) is 0 Å². The van der Waals surface area contributed by atoms with E-state index in [1.165, 1.54) is 6.08 Å². The molecule has 2 aromatic heterocycles. The molecule has 0 radical (unpaired) electrons. The molecule has 6 nitrogen and oxygen atoms in total. The minimum absolute atomic E-state index is 0.380. The van der Waals surface area contributed by atoms with Crippen molar-refractivity contribution in [3.8, 4) is 10.6 Å². The lowest BCUT2D eigenvalue weighted by molar-refractivity contribution is -0.124. The first-order valence-corrected chi connectivity index (χ1v) is 9.34. The maximum atomic E-state index is 12.0. The van der Waals surface area contributed by atoms with Crippen LogP contribution >= 0.6 is 11.3 Å². The predicted molar refractivity (Wildman–Crippen MR) is 107 cm³/mol. The van der Waals surface area contributed by atoms with E-state index in [9.17, 15) is 9.59 Å². The van der Waals surface area contributed by atoms with Crippen molar-refractivity contribution in [1.82, 2.24) is 15.1 Å². The molecule has 0 spiro atoms. The first-order valence-electron chi connectivity index (χ1n) is 8.46. The molecule has 0 saturated heterocycles. The van der Waals surface area contributed by atoms with Gasteiger partial charge in [0.2, 0.25) is 11.8 Å². The fourth-order valence-electron chi connectivity index (χ4n) is 2.51. The number of benzene rings is 1. The summed E-state index contributed by atoms with van der Waals surface area (Å²) in [5.74, 6) is -0.957. The zero-order chi connectivity index (χ0) is 19.2. The van der Waals surface area contributed by atoms with Gasteiger partial charge < -0.3 is 11.1 Å². The highest BCUT2D eigenvalue weighted by Gasteiger charge is 2.13. The van der Waals surface area contributed by atoms with Crippen LogP contribution in [-0.2, 0) is 16.1 Å². The summed E-state index contributed by atoms with van der Waals surface area (Å²) in [6, 6.07) is 13.3. The summed E-state index contributed by atoms with van der Waals surface area (Å²) in [6.07, 6.45) is 5.00. The fraction of sp³-hybridized carbons (Fsp3) is 0.150. The third-order valence-electron chi connectivity index (χ3n) is 3.93. The minimum atomic E-state index is -0.722. The minimum Gasteiger partial charge on any atom is -0.368 e. The van der Waals surface area contributed by atoms with E-state index < -0.39 is 11.9 Å². The van der Waals surface area contributed by atoms with E-state index in [1.807, 2.05) is 58.7 Å². The van der Waals surface area contributed by atoms with Crippen LogP contribution in [0, 0.1) is 0 Å². The normalized spacial score (nSPS) is 12.2. The number of hydrogen-bond donors (Lipinski definition) is 2. The Morgan fingerprint density at radius 1 is 1.26 bits per heavy atom. The van der Waals surface area contributed by atoms with Crippen molar-refractivity contribution in [3.05, 3.63) is 71.2 Å². The zero-order valence-corrected chi connectivity index (χ0v) is 15.6. The lowest BCUT2D eigenvalue weighted by Gasteiger charge is -2.06. The highest BCUT2D eigenvalue weighted by Crippen LogP contribution is 2.27. The van der Waals surface area contributed by atoms with Gasteiger partial charge in [0, 0.05) is 17.8 Å². The number of aromatic nitrogens is 2. The number of amides is 2. The summed E-state index contributed by atoms with van der Waals surface area (Å²) in [5.41, 5.74) is 7.95. The van der Waals surface area contributed by atoms with Gasteiger partial charge >= 0.3 is 0 Å². The van der Waals surface area contributed by atoms with E-state index in [0.717, 1.165) is 21.7 Å². The molecule has 1 atom stereocenters. The number of nitrogens with two attached hydrogens (primary N) is 1. The highest BCUT2D eigenvalue weighted by molar-refractivity contribution is 7.13. The Balaban J connectivity index is 1.83. The lowest BCUT2D eigenvalue weighted by atomic mass is 10.2. The molecule has 0 aliphatic carbocycles. The van der Waals surface area contributed by atoms with Crippen LogP contribution in [-0.4, -0.2) is 27.6 Å². The number of carbonyl (C=O) groups is 2. The molecule has 0 aliphatic heterocycles. The number of nitrogens with zero attached hydrogens (tertiary/aromatic N) is 2. The molecule has 3 aromatic rings. The molecule has 1 aromatic carbocycles. The molecule has 0 bridgehead atoms. The third-order valence-corrected chi connectivity index (χ3v) is 4.81. The van der Waals surface area contributed by atoms with Crippen molar-refractivity contribution in [2.45, 2.75) is 19.5 Å². The van der Waals surface area contributed by atoms with E-state index in [-0.39, 0.29) is 5.91 Å². The first-order chi connectivity index (χ1) is 13.0. The molecular formula is C20H20N4O2S. The quantitative estimate of drug-likeness (QED) is 0.618. The molecule has 1 unspecified atom stereocenters. The number of primary amides is 1. The van der Waals surface area contributed by atoms with Crippen LogP contribution in [0.4, 0.5) is 0 Å². The number of carbonyl (C=O) groups excluding carboxylic acids is 2. The summed E-state index contributed by atoms with van der Waals surface area (Å²) >= 11 is 1.59. The maximum absolute atomic E-state index is 12.0. The Bertz CT molecular complexity index is 946. The Hall–Kier alpha value is -3.19. The molecule has 3 N–H and O–H groups in total. The van der Waals surface area contributed by atoms with Gasteiger partial charge in [-0.1, -0.05) is 36.4 Å². The summed E-state index contributed by atoms with van der Waals surface area (Å²) < 4.78 is 1.86. The smallest absolute Gasteiger partial charge is 0.244 e. The van der Waals surface area contributed by atoms with Crippen LogP contribution in [0.2, 0.25) is 0 Å². The number of rotatable bonds is 7. The van der Waals surface area contributed by atoms with E-state index >= 15 is 0 Å². The fourth-order valence-corrected chi connectivity index (χ4v) is 3.24. The molecule has 2 heterocycles. The second-order valence-corrected chi connectivity index (χ2v) is 7.01. The summed E-state index contributed by atoms with van der Waals surface area (Å²) in [6.45, 7) is 2.18. The maximum Gasteiger partial charge on any atom is 0.244 e. The van der Waals surface area contributed by atoms with E-state index in [2.05, 4.69) is 10.4 Å². The van der Waals surface area contributed by atoms with Gasteiger partial charge in [-0.05, 0) is 30.0 Å². The summed E-state index contributed by atoms with van der Waals surface area (Å²) in [4.78, 5) is 24.1. The van der Waals surface area contributed by atoms with E-state index in [0.29, 0.717) is 6.54 Å². The molecule has 3 rings (SSSR count). The molecule has 2 amide bonds. The van der Waals surface area contributed by atoms with Gasteiger partial charge in [-0.25, -0.2) is 0 Å². The van der Waals surface area contributed by atoms with Gasteiger partial charge in [-0.3, -0.25) is 14.3 Å². The number of nitrogens with one attached hydrogen (secondary N) is 1. The van der Waals surface area contributed by atoms with Crippen molar-refractivity contribution in [3.63, 3.8) is 0 Å². The van der Waals surface area contributed by atoms with Crippen LogP contribution in [0.5, 0.6) is 0 Å². The monoisotopic (exact) mass is 380 g/mol. The first kappa shape index (κ1) is 18.6. The van der Waals surface area contributed by atoms with Crippen molar-refractivity contribution in [2.24, 2.45) is 5.73 Å². The van der Waals surface area contributed by atoms with Crippen LogP contribution in [0.15, 0.2) is 60.1 Å². The van der Waals surface area contributed by atoms with Crippen molar-refractivity contribution >= 4 is 29.2 Å². The second-order valence-electron chi connectivity index (χ2n) is 6.06. The lowest BCUT2D eigenvalue weighted by Crippen LogP contribution is -2.41. The Kier molecular flexibility index (Phi) is 5.83. The topological polar surface area (TPSA) is 90.0 Å². The van der Waals surface area contributed by atoms with Gasteiger partial charge in [0.25, 0.3) is 0 Å². The Labute approximate surface area is 161 Å². The number of thiophene rings is 1. The standard InChI is InChI=1S/C20H20N4O2S/c1-14(20(21)26)22-18(25)10-9-16-13-24(12-15-6-3-2-4-7-15)23-19(16)17-8-5-11-27-17/h2-11,13-14H,12H2,1H3,(H2,21,26)(H,22,25)/b10-9+. The SMILES string of the molecule is CC(NC(=O)/C=C/c1cn(Cc2ccccc2)nc1-c1cccs1)C(N)=O. The largest absolute Gasteiger partial charge is 0.368 e. The van der Waals surface area contributed by atoms with Crippen LogP contribution in [0.25, 0.3) is 16.6 Å². The van der Waals surface area contributed by atoms with E-state index in [1.54, 1.807) is 24.3 Å². The number of hydrogen-bond acceptors (Lipinski definition) is 4. The summed E-state index contributed by atoms with van der Waals surface area (Å²) in [5, 5.41) is 9.20. The molecule has 0 aliphatic rings. The van der Waals surface area contributed by atoms with Gasteiger partial charge in [-0.2, -0.15) is 5.10 Å².